The zero-order chi connectivity index (χ0) is 16.8. The third kappa shape index (κ3) is 4.07. The van der Waals surface area contributed by atoms with E-state index < -0.39 is 0 Å². The molecule has 3 rings (SSSR count). The van der Waals surface area contributed by atoms with Crippen LogP contribution in [0.2, 0.25) is 0 Å². The molecule has 1 amide bonds. The Hall–Kier alpha value is -1.37. The van der Waals surface area contributed by atoms with E-state index in [9.17, 15) is 4.79 Å². The third-order valence-corrected chi connectivity index (χ3v) is 4.77. The van der Waals surface area contributed by atoms with Crippen molar-refractivity contribution in [1.82, 2.24) is 19.7 Å². The van der Waals surface area contributed by atoms with Crippen LogP contribution in [0.4, 0.5) is 0 Å². The quantitative estimate of drug-likeness (QED) is 0.858. The first kappa shape index (κ1) is 21.7. The zero-order valence-corrected chi connectivity index (χ0v) is 16.7. The minimum atomic E-state index is -0.0615. The summed E-state index contributed by atoms with van der Waals surface area (Å²) in [6.45, 7) is 9.73. The van der Waals surface area contributed by atoms with E-state index in [1.165, 1.54) is 0 Å². The van der Waals surface area contributed by atoms with E-state index in [-0.39, 0.29) is 48.2 Å². The molecule has 1 atom stereocenters. The fourth-order valence-corrected chi connectivity index (χ4v) is 3.16. The summed E-state index contributed by atoms with van der Waals surface area (Å²) in [6.07, 6.45) is 4.27. The Morgan fingerprint density at radius 2 is 2.00 bits per heavy atom. The molecule has 0 saturated carbocycles. The van der Waals surface area contributed by atoms with Gasteiger partial charge in [-0.2, -0.15) is 5.10 Å². The van der Waals surface area contributed by atoms with Gasteiger partial charge in [0.25, 0.3) is 5.91 Å². The number of rotatable bonds is 2. The van der Waals surface area contributed by atoms with Gasteiger partial charge in [-0.05, 0) is 31.7 Å². The fourth-order valence-electron chi connectivity index (χ4n) is 3.16. The average Bonchev–Trinajstić information content (AvgIpc) is 2.92. The lowest BCUT2D eigenvalue weighted by Crippen LogP contribution is -2.54. The number of carbonyl (C=O) groups excluding carboxylic acids is 1. The summed E-state index contributed by atoms with van der Waals surface area (Å²) in [5.74, 6) is 0.0247. The van der Waals surface area contributed by atoms with Crippen LogP contribution in [-0.4, -0.2) is 44.7 Å². The lowest BCUT2D eigenvalue weighted by molar-refractivity contribution is 0.0533. The van der Waals surface area contributed by atoms with Crippen LogP contribution in [0.25, 0.3) is 11.0 Å². The second-order valence-electron chi connectivity index (χ2n) is 7.43. The van der Waals surface area contributed by atoms with E-state index >= 15 is 0 Å². The van der Waals surface area contributed by atoms with Crippen molar-refractivity contribution in [1.29, 1.82) is 0 Å². The number of nitrogens with two attached hydrogens (primary N) is 1. The summed E-state index contributed by atoms with van der Waals surface area (Å²) < 4.78 is 1.87. The van der Waals surface area contributed by atoms with Crippen molar-refractivity contribution in [3.63, 3.8) is 0 Å². The van der Waals surface area contributed by atoms with Gasteiger partial charge in [-0.1, -0.05) is 13.8 Å². The SMILES string of the molecule is CC(C)n1ncc2cc(C(=O)N3CCC(N)C(C)(C)C3)cnc21.Cl.Cl. The molecular formula is C17H27Cl2N5O. The zero-order valence-electron chi connectivity index (χ0n) is 15.1. The topological polar surface area (TPSA) is 77.0 Å². The Balaban J connectivity index is 0.00000156. The second-order valence-corrected chi connectivity index (χ2v) is 7.43. The number of pyridine rings is 1. The van der Waals surface area contributed by atoms with Crippen molar-refractivity contribution >= 4 is 41.8 Å². The molecule has 2 aromatic heterocycles. The smallest absolute Gasteiger partial charge is 0.255 e. The molecular weight excluding hydrogens is 361 g/mol. The monoisotopic (exact) mass is 387 g/mol. The number of hydrogen-bond acceptors (Lipinski definition) is 4. The average molecular weight is 388 g/mol. The molecule has 2 aromatic rings. The lowest BCUT2D eigenvalue weighted by Gasteiger charge is -2.42. The van der Waals surface area contributed by atoms with Gasteiger partial charge < -0.3 is 10.6 Å². The Labute approximate surface area is 161 Å². The van der Waals surface area contributed by atoms with E-state index in [4.69, 9.17) is 5.73 Å². The largest absolute Gasteiger partial charge is 0.338 e. The van der Waals surface area contributed by atoms with Gasteiger partial charge in [0.1, 0.15) is 0 Å². The lowest BCUT2D eigenvalue weighted by atomic mass is 9.79. The van der Waals surface area contributed by atoms with Gasteiger partial charge in [-0.3, -0.25) is 4.79 Å². The van der Waals surface area contributed by atoms with Crippen LogP contribution < -0.4 is 5.73 Å². The predicted octanol–water partition coefficient (Wildman–Crippen LogP) is 3.06. The number of halogens is 2. The Kier molecular flexibility index (Phi) is 6.84. The molecule has 2 N–H and O–H groups in total. The summed E-state index contributed by atoms with van der Waals surface area (Å²) >= 11 is 0. The number of aromatic nitrogens is 3. The van der Waals surface area contributed by atoms with Crippen molar-refractivity contribution < 1.29 is 4.79 Å². The molecule has 3 heterocycles. The van der Waals surface area contributed by atoms with E-state index in [2.05, 4.69) is 37.8 Å². The van der Waals surface area contributed by atoms with Crippen molar-refractivity contribution in [3.8, 4) is 0 Å². The van der Waals surface area contributed by atoms with Crippen molar-refractivity contribution in [2.45, 2.75) is 46.2 Å². The molecule has 1 saturated heterocycles. The number of amides is 1. The van der Waals surface area contributed by atoms with Crippen molar-refractivity contribution in [2.75, 3.05) is 13.1 Å². The molecule has 1 aliphatic heterocycles. The normalized spacial score (nSPS) is 19.4. The van der Waals surface area contributed by atoms with E-state index in [1.54, 1.807) is 12.4 Å². The molecule has 1 fully saturated rings. The maximum Gasteiger partial charge on any atom is 0.255 e. The van der Waals surface area contributed by atoms with Gasteiger partial charge in [-0.25, -0.2) is 9.67 Å². The van der Waals surface area contributed by atoms with Crippen LogP contribution in [0.1, 0.15) is 50.5 Å². The van der Waals surface area contributed by atoms with Crippen molar-refractivity contribution in [2.24, 2.45) is 11.1 Å². The third-order valence-electron chi connectivity index (χ3n) is 4.77. The maximum atomic E-state index is 12.8. The molecule has 0 aliphatic carbocycles. The molecule has 1 unspecified atom stereocenters. The van der Waals surface area contributed by atoms with Crippen molar-refractivity contribution in [3.05, 3.63) is 24.0 Å². The number of carbonyl (C=O) groups is 1. The highest BCUT2D eigenvalue weighted by molar-refractivity contribution is 5.97. The van der Waals surface area contributed by atoms with Gasteiger partial charge in [0, 0.05) is 36.8 Å². The number of hydrogen-bond donors (Lipinski definition) is 1. The van der Waals surface area contributed by atoms with Crippen LogP contribution >= 0.6 is 24.8 Å². The number of nitrogens with zero attached hydrogens (tertiary/aromatic N) is 4. The number of fused-ring (bicyclic) bond motifs is 1. The van der Waals surface area contributed by atoms with E-state index in [0.29, 0.717) is 18.7 Å². The van der Waals surface area contributed by atoms with Crippen LogP contribution in [0, 0.1) is 5.41 Å². The first-order valence-electron chi connectivity index (χ1n) is 8.18. The highest BCUT2D eigenvalue weighted by Gasteiger charge is 2.35. The Bertz CT molecular complexity index is 744. The van der Waals surface area contributed by atoms with Crippen LogP contribution in [0.15, 0.2) is 18.5 Å². The van der Waals surface area contributed by atoms with Gasteiger partial charge >= 0.3 is 0 Å². The van der Waals surface area contributed by atoms with Gasteiger partial charge in [0.2, 0.25) is 0 Å². The standard InChI is InChI=1S/C17H25N5O.2ClH/c1-11(2)22-15-12(9-20-22)7-13(8-19-15)16(23)21-6-5-14(18)17(3,4)10-21;;/h7-9,11,14H,5-6,10,18H2,1-4H3;2*1H. The minimum absolute atomic E-state index is 0. The summed E-state index contributed by atoms with van der Waals surface area (Å²) in [4.78, 5) is 19.1. The van der Waals surface area contributed by atoms with Gasteiger partial charge in [0.15, 0.2) is 5.65 Å². The molecule has 8 heteroatoms. The predicted molar refractivity (Wildman–Crippen MR) is 105 cm³/mol. The summed E-state index contributed by atoms with van der Waals surface area (Å²) in [6, 6.07) is 2.26. The first-order valence-corrected chi connectivity index (χ1v) is 8.18. The highest BCUT2D eigenvalue weighted by Crippen LogP contribution is 2.29. The molecule has 0 aromatic carbocycles. The van der Waals surface area contributed by atoms with Crippen LogP contribution in [-0.2, 0) is 0 Å². The molecule has 140 valence electrons. The maximum absolute atomic E-state index is 12.8. The molecule has 0 bridgehead atoms. The molecule has 1 aliphatic rings. The molecule has 25 heavy (non-hydrogen) atoms. The Morgan fingerprint density at radius 3 is 2.60 bits per heavy atom. The Morgan fingerprint density at radius 1 is 1.32 bits per heavy atom. The summed E-state index contributed by atoms with van der Waals surface area (Å²) in [5, 5.41) is 5.25. The van der Waals surface area contributed by atoms with Gasteiger partial charge in [-0.15, -0.1) is 24.8 Å². The second kappa shape index (κ2) is 7.89. The van der Waals surface area contributed by atoms with Crippen LogP contribution in [0.3, 0.4) is 0 Å². The fraction of sp³-hybridized carbons (Fsp3) is 0.588. The van der Waals surface area contributed by atoms with Crippen LogP contribution in [0.5, 0.6) is 0 Å². The summed E-state index contributed by atoms with van der Waals surface area (Å²) in [7, 11) is 0. The molecule has 0 spiro atoms. The number of piperidine rings is 1. The van der Waals surface area contributed by atoms with Gasteiger partial charge in [0.05, 0.1) is 11.8 Å². The number of likely N-dealkylation sites (tertiary alicyclic amines) is 1. The minimum Gasteiger partial charge on any atom is -0.338 e. The molecule has 6 nitrogen and oxygen atoms in total. The molecule has 0 radical (unpaired) electrons. The van der Waals surface area contributed by atoms with E-state index in [1.807, 2.05) is 15.6 Å². The highest BCUT2D eigenvalue weighted by atomic mass is 35.5. The van der Waals surface area contributed by atoms with E-state index in [0.717, 1.165) is 17.5 Å². The summed E-state index contributed by atoms with van der Waals surface area (Å²) in [5.41, 5.74) is 7.53. The first-order chi connectivity index (χ1) is 10.8.